The van der Waals surface area contributed by atoms with Gasteiger partial charge in [-0.3, -0.25) is 0 Å². The average Bonchev–Trinajstić information content (AvgIpc) is 2.49. The first-order valence-electron chi connectivity index (χ1n) is 8.39. The average molecular weight is 343 g/mol. The summed E-state index contributed by atoms with van der Waals surface area (Å²) in [7, 11) is 0. The van der Waals surface area contributed by atoms with Crippen LogP contribution in [0.3, 0.4) is 0 Å². The zero-order chi connectivity index (χ0) is 17.8. The van der Waals surface area contributed by atoms with Crippen molar-refractivity contribution in [2.75, 3.05) is 0 Å². The lowest BCUT2D eigenvalue weighted by Gasteiger charge is -2.36. The number of carbonyl (C=O) groups excluding carboxylic acids is 1. The Hall–Kier alpha value is -1.72. The minimum absolute atomic E-state index is 0.310. The van der Waals surface area contributed by atoms with E-state index in [4.69, 9.17) is 4.74 Å². The lowest BCUT2D eigenvalue weighted by molar-refractivity contribution is -0.255. The Balaban J connectivity index is 2.40. The molecule has 0 saturated heterocycles. The number of rotatable bonds is 4. The molecule has 2 rings (SSSR count). The van der Waals surface area contributed by atoms with E-state index < -0.39 is 29.1 Å². The molecule has 6 heteroatoms. The van der Waals surface area contributed by atoms with Gasteiger partial charge in [0.25, 0.3) is 0 Å². The maximum atomic E-state index is 13.3. The van der Waals surface area contributed by atoms with E-state index in [2.05, 4.69) is 0 Å². The molecule has 1 aliphatic rings. The summed E-state index contributed by atoms with van der Waals surface area (Å²) in [5.74, 6) is -1.93. The highest BCUT2D eigenvalue weighted by Gasteiger charge is 2.38. The van der Waals surface area contributed by atoms with Gasteiger partial charge in [0.15, 0.2) is 0 Å². The van der Waals surface area contributed by atoms with Crippen molar-refractivity contribution in [3.63, 3.8) is 0 Å². The largest absolute Gasteiger partial charge is 0.545 e. The van der Waals surface area contributed by atoms with Crippen LogP contribution in [0, 0.1) is 0 Å². The highest BCUT2D eigenvalue weighted by atomic mass is 19.4. The van der Waals surface area contributed by atoms with E-state index in [1.807, 2.05) is 6.92 Å². The molecule has 0 atom stereocenters. The summed E-state index contributed by atoms with van der Waals surface area (Å²) in [5.41, 5.74) is -1.93. The maximum Gasteiger partial charge on any atom is 0.419 e. The molecule has 0 aromatic heterocycles. The zero-order valence-electron chi connectivity index (χ0n) is 13.7. The van der Waals surface area contributed by atoms with E-state index in [1.54, 1.807) is 0 Å². The van der Waals surface area contributed by atoms with Gasteiger partial charge in [-0.05, 0) is 44.2 Å². The smallest absolute Gasteiger partial charge is 0.419 e. The third kappa shape index (κ3) is 4.42. The summed E-state index contributed by atoms with van der Waals surface area (Å²) in [4.78, 5) is 11.0. The van der Waals surface area contributed by atoms with Crippen LogP contribution in [0.1, 0.15) is 74.2 Å². The van der Waals surface area contributed by atoms with Crippen molar-refractivity contribution in [3.8, 4) is 5.75 Å². The number of carboxylic acids is 1. The minimum Gasteiger partial charge on any atom is -0.545 e. The SMILES string of the molecule is CCC1(Oc2cc(C(=O)[O-])ccc2C(F)(F)F)CCCCCCC1. The molecule has 1 saturated carbocycles. The van der Waals surface area contributed by atoms with E-state index in [1.165, 1.54) is 0 Å². The predicted molar refractivity (Wildman–Crippen MR) is 81.7 cm³/mol. The van der Waals surface area contributed by atoms with Gasteiger partial charge in [0.2, 0.25) is 0 Å². The minimum atomic E-state index is -4.60. The summed E-state index contributed by atoms with van der Waals surface area (Å²) in [6, 6.07) is 2.60. The van der Waals surface area contributed by atoms with Crippen LogP contribution in [-0.2, 0) is 6.18 Å². The highest BCUT2D eigenvalue weighted by Crippen LogP contribution is 2.41. The van der Waals surface area contributed by atoms with E-state index in [0.717, 1.165) is 50.3 Å². The van der Waals surface area contributed by atoms with Gasteiger partial charge in [0, 0.05) is 5.56 Å². The molecule has 0 aliphatic heterocycles. The van der Waals surface area contributed by atoms with Crippen LogP contribution in [0.5, 0.6) is 5.75 Å². The monoisotopic (exact) mass is 343 g/mol. The molecule has 0 amide bonds. The fourth-order valence-corrected chi connectivity index (χ4v) is 3.28. The van der Waals surface area contributed by atoms with Gasteiger partial charge >= 0.3 is 6.18 Å². The molecule has 0 bridgehead atoms. The Labute approximate surface area is 139 Å². The van der Waals surface area contributed by atoms with Crippen molar-refractivity contribution in [2.45, 2.75) is 70.1 Å². The number of aromatic carboxylic acids is 1. The van der Waals surface area contributed by atoms with Crippen LogP contribution in [0.25, 0.3) is 0 Å². The fourth-order valence-electron chi connectivity index (χ4n) is 3.28. The number of carbonyl (C=O) groups is 1. The van der Waals surface area contributed by atoms with Crippen molar-refractivity contribution in [3.05, 3.63) is 29.3 Å². The highest BCUT2D eigenvalue weighted by molar-refractivity contribution is 5.86. The Morgan fingerprint density at radius 1 is 1.17 bits per heavy atom. The van der Waals surface area contributed by atoms with E-state index in [-0.39, 0.29) is 5.56 Å². The summed E-state index contributed by atoms with van der Waals surface area (Å²) in [6.45, 7) is 1.90. The molecule has 1 aromatic rings. The first-order chi connectivity index (χ1) is 11.3. The van der Waals surface area contributed by atoms with Crippen molar-refractivity contribution < 1.29 is 27.8 Å². The normalized spacial score (nSPS) is 18.5. The van der Waals surface area contributed by atoms with Gasteiger partial charge in [-0.1, -0.05) is 32.3 Å². The Morgan fingerprint density at radius 3 is 2.25 bits per heavy atom. The van der Waals surface area contributed by atoms with Crippen molar-refractivity contribution in [1.82, 2.24) is 0 Å². The molecule has 24 heavy (non-hydrogen) atoms. The predicted octanol–water partition coefficient (Wildman–Crippen LogP) is 4.34. The van der Waals surface area contributed by atoms with E-state index in [9.17, 15) is 23.1 Å². The van der Waals surface area contributed by atoms with Gasteiger partial charge in [-0.2, -0.15) is 13.2 Å². The van der Waals surface area contributed by atoms with Gasteiger partial charge in [0.05, 0.1) is 11.5 Å². The quantitative estimate of drug-likeness (QED) is 0.817. The molecule has 1 aromatic carbocycles. The van der Waals surface area contributed by atoms with Gasteiger partial charge < -0.3 is 14.6 Å². The molecule has 0 radical (unpaired) electrons. The molecule has 0 N–H and O–H groups in total. The Morgan fingerprint density at radius 2 is 1.75 bits per heavy atom. The second kappa shape index (κ2) is 7.45. The van der Waals surface area contributed by atoms with Crippen LogP contribution in [0.2, 0.25) is 0 Å². The van der Waals surface area contributed by atoms with Gasteiger partial charge in [-0.25, -0.2) is 0 Å². The van der Waals surface area contributed by atoms with E-state index >= 15 is 0 Å². The lowest BCUT2D eigenvalue weighted by Crippen LogP contribution is -2.37. The second-order valence-electron chi connectivity index (χ2n) is 6.40. The van der Waals surface area contributed by atoms with Crippen LogP contribution < -0.4 is 9.84 Å². The number of alkyl halides is 3. The molecular weight excluding hydrogens is 321 g/mol. The van der Waals surface area contributed by atoms with Crippen molar-refractivity contribution in [1.29, 1.82) is 0 Å². The molecule has 1 fully saturated rings. The Bertz CT molecular complexity index is 573. The number of hydrogen-bond acceptors (Lipinski definition) is 3. The van der Waals surface area contributed by atoms with Crippen molar-refractivity contribution in [2.24, 2.45) is 0 Å². The Kier molecular flexibility index (Phi) is 5.78. The molecule has 0 heterocycles. The summed E-state index contributed by atoms with van der Waals surface area (Å²) in [5, 5.41) is 11.0. The maximum absolute atomic E-state index is 13.3. The molecule has 1 aliphatic carbocycles. The van der Waals surface area contributed by atoms with Crippen molar-refractivity contribution >= 4 is 5.97 Å². The molecule has 0 spiro atoms. The second-order valence-corrected chi connectivity index (χ2v) is 6.40. The van der Waals surface area contributed by atoms with Crippen LogP contribution >= 0.6 is 0 Å². The van der Waals surface area contributed by atoms with E-state index in [0.29, 0.717) is 19.3 Å². The molecule has 3 nitrogen and oxygen atoms in total. The topological polar surface area (TPSA) is 49.4 Å². The molecule has 134 valence electrons. The number of carboxylic acid groups (broad SMARTS) is 1. The summed E-state index contributed by atoms with van der Waals surface area (Å²) < 4.78 is 45.7. The zero-order valence-corrected chi connectivity index (χ0v) is 13.7. The summed E-state index contributed by atoms with van der Waals surface area (Å²) >= 11 is 0. The third-order valence-electron chi connectivity index (χ3n) is 4.76. The fraction of sp³-hybridized carbons (Fsp3) is 0.611. The third-order valence-corrected chi connectivity index (χ3v) is 4.76. The van der Waals surface area contributed by atoms with Crippen LogP contribution in [0.15, 0.2) is 18.2 Å². The number of hydrogen-bond donors (Lipinski definition) is 0. The molecular formula is C18H22F3O3-. The number of ether oxygens (including phenoxy) is 1. The van der Waals surface area contributed by atoms with Crippen LogP contribution in [-0.4, -0.2) is 11.6 Å². The van der Waals surface area contributed by atoms with Gasteiger partial charge in [-0.15, -0.1) is 0 Å². The lowest BCUT2D eigenvalue weighted by atomic mass is 9.84. The van der Waals surface area contributed by atoms with Crippen LogP contribution in [0.4, 0.5) is 13.2 Å². The molecule has 0 unspecified atom stereocenters. The number of halogens is 3. The number of benzene rings is 1. The first kappa shape index (κ1) is 18.6. The standard InChI is InChI=1S/C18H23F3O3/c1-2-17(10-6-4-3-5-7-11-17)24-15-12-13(16(22)23)8-9-14(15)18(19,20)21/h8-9,12H,2-7,10-11H2,1H3,(H,22,23)/p-1. The summed E-state index contributed by atoms with van der Waals surface area (Å²) in [6.07, 6.45) is 2.34. The first-order valence-corrected chi connectivity index (χ1v) is 8.39. The van der Waals surface area contributed by atoms with Gasteiger partial charge in [0.1, 0.15) is 11.4 Å².